The number of amides is 1. The van der Waals surface area contributed by atoms with Gasteiger partial charge < -0.3 is 14.4 Å². The fraction of sp³-hybridized carbons (Fsp3) is 0.222. The van der Waals surface area contributed by atoms with E-state index in [0.717, 1.165) is 16.7 Å². The summed E-state index contributed by atoms with van der Waals surface area (Å²) < 4.78 is 4.43. The summed E-state index contributed by atoms with van der Waals surface area (Å²) in [6, 6.07) is 13.0. The van der Waals surface area contributed by atoms with Crippen LogP contribution >= 0.6 is 11.6 Å². The Bertz CT molecular complexity index is 777. The third kappa shape index (κ3) is 5.39. The number of benzene rings is 2. The summed E-state index contributed by atoms with van der Waals surface area (Å²) in [5.74, 6) is 0.276. The van der Waals surface area contributed by atoms with Crippen molar-refractivity contribution >= 4 is 23.4 Å². The number of methoxy groups -OCH3 is 1. The number of rotatable bonds is 6. The van der Waals surface area contributed by atoms with Gasteiger partial charge in [-0.3, -0.25) is 0 Å². The summed E-state index contributed by atoms with van der Waals surface area (Å²) in [5.41, 5.74) is 5.72. The van der Waals surface area contributed by atoms with Gasteiger partial charge >= 0.3 is 6.09 Å². The maximum Gasteiger partial charge on any atom is 0.440 e. The lowest BCUT2D eigenvalue weighted by Gasteiger charge is -2.09. The molecule has 1 amide bonds. The number of aryl methyl sites for hydroxylation is 1. The van der Waals surface area contributed by atoms with Crippen LogP contribution in [0.1, 0.15) is 23.6 Å². The summed E-state index contributed by atoms with van der Waals surface area (Å²) in [5, 5.41) is 4.46. The molecule has 0 aromatic heterocycles. The Balaban J connectivity index is 2.04. The highest BCUT2D eigenvalue weighted by atomic mass is 35.5. The maximum atomic E-state index is 11.1. The van der Waals surface area contributed by atoms with E-state index in [2.05, 4.69) is 15.4 Å². The molecular formula is C18H19ClN2O4. The van der Waals surface area contributed by atoms with Crippen LogP contribution in [0, 0.1) is 6.92 Å². The number of nitrogens with one attached hydrogen (secondary N) is 1. The molecule has 0 saturated heterocycles. The van der Waals surface area contributed by atoms with Crippen molar-refractivity contribution in [2.24, 2.45) is 5.16 Å². The molecule has 0 fully saturated rings. The van der Waals surface area contributed by atoms with E-state index < -0.39 is 6.09 Å². The number of carbonyl (C=O) groups is 1. The first-order valence-corrected chi connectivity index (χ1v) is 7.91. The number of hydrogen-bond acceptors (Lipinski definition) is 5. The highest BCUT2D eigenvalue weighted by molar-refractivity contribution is 6.32. The normalized spacial score (nSPS) is 11.0. The molecule has 0 heterocycles. The number of carbonyl (C=O) groups excluding carboxylic acids is 1. The molecule has 0 aliphatic carbocycles. The van der Waals surface area contributed by atoms with Crippen molar-refractivity contribution in [3.8, 4) is 5.75 Å². The summed E-state index contributed by atoms with van der Waals surface area (Å²) >= 11 is 6.04. The molecule has 2 rings (SSSR count). The molecule has 132 valence electrons. The summed E-state index contributed by atoms with van der Waals surface area (Å²) in [6.45, 7) is 4.20. The van der Waals surface area contributed by atoms with Gasteiger partial charge in [-0.25, -0.2) is 4.79 Å². The molecular weight excluding hydrogens is 344 g/mol. The number of halogens is 1. The Hall–Kier alpha value is -2.73. The van der Waals surface area contributed by atoms with Gasteiger partial charge in [0.2, 0.25) is 0 Å². The van der Waals surface area contributed by atoms with Crippen LogP contribution < -0.4 is 10.3 Å². The van der Waals surface area contributed by atoms with Crippen LogP contribution in [0.4, 0.5) is 4.79 Å². The van der Waals surface area contributed by atoms with E-state index >= 15 is 0 Å². The maximum absolute atomic E-state index is 11.1. The lowest BCUT2D eigenvalue weighted by molar-refractivity contribution is 0.118. The lowest BCUT2D eigenvalue weighted by Crippen LogP contribution is -2.26. The SMILES string of the molecule is COC(=O)NOc1cc(/C(C)=N/OCc2ccccc2C)ccc1Cl. The van der Waals surface area contributed by atoms with Crippen LogP contribution in [0.3, 0.4) is 0 Å². The Morgan fingerprint density at radius 2 is 2.00 bits per heavy atom. The van der Waals surface area contributed by atoms with Gasteiger partial charge in [0.1, 0.15) is 6.61 Å². The zero-order valence-electron chi connectivity index (χ0n) is 14.2. The van der Waals surface area contributed by atoms with E-state index in [0.29, 0.717) is 17.3 Å². The quantitative estimate of drug-likeness (QED) is 0.616. The van der Waals surface area contributed by atoms with Gasteiger partial charge in [0.15, 0.2) is 5.75 Å². The van der Waals surface area contributed by atoms with Crippen LogP contribution in [-0.2, 0) is 16.2 Å². The summed E-state index contributed by atoms with van der Waals surface area (Å²) in [7, 11) is 1.24. The first kappa shape index (κ1) is 18.6. The largest absolute Gasteiger partial charge is 0.451 e. The third-order valence-corrected chi connectivity index (χ3v) is 3.77. The molecule has 0 spiro atoms. The lowest BCUT2D eigenvalue weighted by atomic mass is 10.1. The highest BCUT2D eigenvalue weighted by Crippen LogP contribution is 2.25. The van der Waals surface area contributed by atoms with Crippen molar-refractivity contribution in [3.05, 3.63) is 64.2 Å². The van der Waals surface area contributed by atoms with E-state index in [4.69, 9.17) is 21.3 Å². The predicted molar refractivity (Wildman–Crippen MR) is 95.8 cm³/mol. The van der Waals surface area contributed by atoms with Crippen molar-refractivity contribution in [2.45, 2.75) is 20.5 Å². The zero-order chi connectivity index (χ0) is 18.2. The minimum atomic E-state index is -0.728. The first-order valence-electron chi connectivity index (χ1n) is 7.53. The van der Waals surface area contributed by atoms with Crippen molar-refractivity contribution < 1.29 is 19.2 Å². The summed E-state index contributed by atoms with van der Waals surface area (Å²) in [4.78, 5) is 21.6. The zero-order valence-corrected chi connectivity index (χ0v) is 15.0. The Morgan fingerprint density at radius 1 is 1.24 bits per heavy atom. The topological polar surface area (TPSA) is 69.2 Å². The molecule has 25 heavy (non-hydrogen) atoms. The number of oxime groups is 1. The van der Waals surface area contributed by atoms with E-state index in [9.17, 15) is 4.79 Å². The van der Waals surface area contributed by atoms with Gasteiger partial charge in [-0.05, 0) is 37.1 Å². The van der Waals surface area contributed by atoms with Crippen molar-refractivity contribution in [3.63, 3.8) is 0 Å². The van der Waals surface area contributed by atoms with E-state index in [1.54, 1.807) is 25.1 Å². The molecule has 0 aliphatic heterocycles. The first-order chi connectivity index (χ1) is 12.0. The second-order valence-corrected chi connectivity index (χ2v) is 5.62. The minimum Gasteiger partial charge on any atom is -0.451 e. The standard InChI is InChI=1S/C18H19ClN2O4/c1-12-6-4-5-7-15(12)11-24-20-13(2)14-8-9-16(19)17(10-14)25-21-18(22)23-3/h4-10H,11H2,1-3H3,(H,21,22)/b20-13+. The van der Waals surface area contributed by atoms with Crippen LogP contribution in [-0.4, -0.2) is 18.9 Å². The van der Waals surface area contributed by atoms with Gasteiger partial charge in [-0.15, -0.1) is 0 Å². The number of ether oxygens (including phenoxy) is 1. The Labute approximate surface area is 151 Å². The van der Waals surface area contributed by atoms with Crippen LogP contribution in [0.5, 0.6) is 5.75 Å². The van der Waals surface area contributed by atoms with Crippen LogP contribution in [0.2, 0.25) is 5.02 Å². The molecule has 7 heteroatoms. The van der Waals surface area contributed by atoms with Crippen LogP contribution in [0.15, 0.2) is 47.6 Å². The van der Waals surface area contributed by atoms with E-state index in [1.165, 1.54) is 7.11 Å². The average molecular weight is 363 g/mol. The molecule has 0 aliphatic rings. The number of nitrogens with zero attached hydrogens (tertiary/aromatic N) is 1. The van der Waals surface area contributed by atoms with Crippen molar-refractivity contribution in [1.29, 1.82) is 0 Å². The second-order valence-electron chi connectivity index (χ2n) is 5.22. The van der Waals surface area contributed by atoms with Crippen LogP contribution in [0.25, 0.3) is 0 Å². The minimum absolute atomic E-state index is 0.276. The fourth-order valence-electron chi connectivity index (χ4n) is 1.97. The predicted octanol–water partition coefficient (Wildman–Crippen LogP) is 4.24. The molecule has 6 nitrogen and oxygen atoms in total. The number of hydrogen-bond donors (Lipinski definition) is 1. The van der Waals surface area contributed by atoms with Gasteiger partial charge in [-0.1, -0.05) is 47.1 Å². The van der Waals surface area contributed by atoms with Crippen molar-refractivity contribution in [1.82, 2.24) is 5.48 Å². The number of hydroxylamine groups is 1. The molecule has 2 aromatic rings. The second kappa shape index (κ2) is 8.94. The van der Waals surface area contributed by atoms with Crippen molar-refractivity contribution in [2.75, 3.05) is 7.11 Å². The average Bonchev–Trinajstić information content (AvgIpc) is 2.62. The van der Waals surface area contributed by atoms with Gasteiger partial charge in [0, 0.05) is 5.56 Å². The summed E-state index contributed by atoms with van der Waals surface area (Å²) in [6.07, 6.45) is -0.728. The Kier molecular flexibility index (Phi) is 6.65. The van der Waals surface area contributed by atoms with E-state index in [1.807, 2.05) is 31.2 Å². The molecule has 1 N–H and O–H groups in total. The molecule has 0 atom stereocenters. The molecule has 0 radical (unpaired) electrons. The molecule has 0 saturated carbocycles. The van der Waals surface area contributed by atoms with Gasteiger partial charge in [0.25, 0.3) is 0 Å². The molecule has 0 unspecified atom stereocenters. The van der Waals surface area contributed by atoms with Gasteiger partial charge in [0.05, 0.1) is 17.8 Å². The highest BCUT2D eigenvalue weighted by Gasteiger charge is 2.08. The third-order valence-electron chi connectivity index (χ3n) is 3.46. The monoisotopic (exact) mass is 362 g/mol. The Morgan fingerprint density at radius 3 is 2.72 bits per heavy atom. The smallest absolute Gasteiger partial charge is 0.440 e. The fourth-order valence-corrected chi connectivity index (χ4v) is 2.12. The molecule has 0 bridgehead atoms. The van der Waals surface area contributed by atoms with Gasteiger partial charge in [-0.2, -0.15) is 5.48 Å². The molecule has 2 aromatic carbocycles. The van der Waals surface area contributed by atoms with E-state index in [-0.39, 0.29) is 5.75 Å².